The first-order valence-electron chi connectivity index (χ1n) is 3.69. The lowest BCUT2D eigenvalue weighted by Gasteiger charge is -2.00. The topological polar surface area (TPSA) is 86.2 Å². The van der Waals surface area contributed by atoms with E-state index >= 15 is 0 Å². The average Bonchev–Trinajstić information content (AvgIpc) is 2.16. The number of primary amides is 1. The SMILES string of the molecule is NC(=O)c1ccc(CBr)c([N+](=O)[O-])c1. The molecule has 5 nitrogen and oxygen atoms in total. The summed E-state index contributed by atoms with van der Waals surface area (Å²) in [6.45, 7) is 0. The number of carbonyl (C=O) groups is 1. The van der Waals surface area contributed by atoms with E-state index in [0.717, 1.165) is 0 Å². The molecule has 6 heteroatoms. The molecule has 0 saturated carbocycles. The summed E-state index contributed by atoms with van der Waals surface area (Å²) in [7, 11) is 0. The molecule has 1 aromatic rings. The number of rotatable bonds is 3. The first-order chi connectivity index (χ1) is 6.56. The van der Waals surface area contributed by atoms with Crippen LogP contribution >= 0.6 is 15.9 Å². The molecule has 0 aromatic heterocycles. The Labute approximate surface area is 88.2 Å². The predicted octanol–water partition coefficient (Wildman–Crippen LogP) is 1.59. The molecule has 74 valence electrons. The molecule has 0 aliphatic carbocycles. The number of nitro benzene ring substituents is 1. The van der Waals surface area contributed by atoms with E-state index in [2.05, 4.69) is 15.9 Å². The van der Waals surface area contributed by atoms with Gasteiger partial charge in [-0.3, -0.25) is 14.9 Å². The Morgan fingerprint density at radius 1 is 1.57 bits per heavy atom. The maximum Gasteiger partial charge on any atom is 0.274 e. The number of nitrogens with two attached hydrogens (primary N) is 1. The van der Waals surface area contributed by atoms with E-state index in [1.807, 2.05) is 0 Å². The van der Waals surface area contributed by atoms with Gasteiger partial charge in [-0.15, -0.1) is 0 Å². The first-order valence-corrected chi connectivity index (χ1v) is 4.81. The number of amides is 1. The number of hydrogen-bond acceptors (Lipinski definition) is 3. The van der Waals surface area contributed by atoms with E-state index in [4.69, 9.17) is 5.73 Å². The Hall–Kier alpha value is -1.43. The normalized spacial score (nSPS) is 9.79. The van der Waals surface area contributed by atoms with Crippen molar-refractivity contribution in [2.75, 3.05) is 0 Å². The quantitative estimate of drug-likeness (QED) is 0.508. The van der Waals surface area contributed by atoms with Gasteiger partial charge >= 0.3 is 0 Å². The minimum atomic E-state index is -0.672. The monoisotopic (exact) mass is 258 g/mol. The molecule has 0 unspecified atom stereocenters. The third kappa shape index (κ3) is 2.08. The molecule has 0 aliphatic heterocycles. The van der Waals surface area contributed by atoms with Crippen molar-refractivity contribution in [3.8, 4) is 0 Å². The Morgan fingerprint density at radius 2 is 2.21 bits per heavy atom. The number of nitrogens with zero attached hydrogens (tertiary/aromatic N) is 1. The summed E-state index contributed by atoms with van der Waals surface area (Å²) in [5, 5.41) is 11.0. The summed E-state index contributed by atoms with van der Waals surface area (Å²) in [5.74, 6) is -0.672. The lowest BCUT2D eigenvalue weighted by molar-refractivity contribution is -0.385. The van der Waals surface area contributed by atoms with Crippen LogP contribution in [0.2, 0.25) is 0 Å². The molecule has 0 saturated heterocycles. The van der Waals surface area contributed by atoms with Crippen molar-refractivity contribution in [3.05, 3.63) is 39.4 Å². The van der Waals surface area contributed by atoms with Crippen molar-refractivity contribution >= 4 is 27.5 Å². The van der Waals surface area contributed by atoms with Gasteiger partial charge in [-0.05, 0) is 6.07 Å². The van der Waals surface area contributed by atoms with Crippen LogP contribution in [0.4, 0.5) is 5.69 Å². The van der Waals surface area contributed by atoms with E-state index < -0.39 is 10.8 Å². The summed E-state index contributed by atoms with van der Waals surface area (Å²) in [6, 6.07) is 4.15. The van der Waals surface area contributed by atoms with E-state index in [9.17, 15) is 14.9 Å². The zero-order chi connectivity index (χ0) is 10.7. The molecule has 14 heavy (non-hydrogen) atoms. The maximum absolute atomic E-state index is 10.8. The zero-order valence-corrected chi connectivity index (χ0v) is 8.65. The van der Waals surface area contributed by atoms with Gasteiger partial charge in [0.2, 0.25) is 5.91 Å². The molecule has 0 heterocycles. The van der Waals surface area contributed by atoms with Crippen LogP contribution in [0.3, 0.4) is 0 Å². The van der Waals surface area contributed by atoms with Gasteiger partial charge in [0.05, 0.1) is 4.92 Å². The smallest absolute Gasteiger partial charge is 0.274 e. The van der Waals surface area contributed by atoms with Crippen LogP contribution in [0.25, 0.3) is 0 Å². The molecule has 1 rings (SSSR count). The molecule has 1 amide bonds. The van der Waals surface area contributed by atoms with Crippen molar-refractivity contribution in [2.45, 2.75) is 5.33 Å². The molecule has 0 atom stereocenters. The number of carbonyl (C=O) groups excluding carboxylic acids is 1. The Balaban J connectivity index is 3.27. The van der Waals surface area contributed by atoms with Gasteiger partial charge in [-0.2, -0.15) is 0 Å². The van der Waals surface area contributed by atoms with E-state index in [-0.39, 0.29) is 11.3 Å². The fourth-order valence-electron chi connectivity index (χ4n) is 1.00. The standard InChI is InChI=1S/C8H7BrN2O3/c9-4-6-2-1-5(8(10)12)3-7(6)11(13)14/h1-3H,4H2,(H2,10,12). The second kappa shape index (κ2) is 4.19. The Morgan fingerprint density at radius 3 is 2.64 bits per heavy atom. The number of benzene rings is 1. The molecular formula is C8H7BrN2O3. The van der Waals surface area contributed by atoms with E-state index in [1.54, 1.807) is 0 Å². The van der Waals surface area contributed by atoms with Crippen LogP contribution in [-0.2, 0) is 5.33 Å². The number of hydrogen-bond donors (Lipinski definition) is 1. The van der Waals surface area contributed by atoms with Crippen molar-refractivity contribution in [3.63, 3.8) is 0 Å². The highest BCUT2D eigenvalue weighted by atomic mass is 79.9. The fourth-order valence-corrected chi connectivity index (χ4v) is 1.47. The van der Waals surface area contributed by atoms with Crippen LogP contribution in [-0.4, -0.2) is 10.8 Å². The van der Waals surface area contributed by atoms with Crippen LogP contribution < -0.4 is 5.73 Å². The van der Waals surface area contributed by atoms with E-state index in [1.165, 1.54) is 18.2 Å². The minimum absolute atomic E-state index is 0.0989. The summed E-state index contributed by atoms with van der Waals surface area (Å²) in [4.78, 5) is 20.8. The van der Waals surface area contributed by atoms with Crippen LogP contribution in [0.15, 0.2) is 18.2 Å². The highest BCUT2D eigenvalue weighted by Crippen LogP contribution is 2.22. The predicted molar refractivity (Wildman–Crippen MR) is 54.2 cm³/mol. The number of halogens is 1. The molecule has 2 N–H and O–H groups in total. The number of nitro groups is 1. The van der Waals surface area contributed by atoms with Crippen molar-refractivity contribution in [2.24, 2.45) is 5.73 Å². The van der Waals surface area contributed by atoms with Gasteiger partial charge in [-0.25, -0.2) is 0 Å². The fraction of sp³-hybridized carbons (Fsp3) is 0.125. The summed E-state index contributed by atoms with van der Waals surface area (Å²) in [5.41, 5.74) is 5.56. The minimum Gasteiger partial charge on any atom is -0.366 e. The average molecular weight is 259 g/mol. The Bertz CT molecular complexity index is 392. The summed E-state index contributed by atoms with van der Waals surface area (Å²) in [6.07, 6.45) is 0. The second-order valence-electron chi connectivity index (χ2n) is 2.60. The van der Waals surface area contributed by atoms with E-state index in [0.29, 0.717) is 10.9 Å². The highest BCUT2D eigenvalue weighted by Gasteiger charge is 2.14. The van der Waals surface area contributed by atoms with Gasteiger partial charge < -0.3 is 5.73 Å². The lowest BCUT2D eigenvalue weighted by atomic mass is 10.1. The van der Waals surface area contributed by atoms with Crippen LogP contribution in [0.1, 0.15) is 15.9 Å². The lowest BCUT2D eigenvalue weighted by Crippen LogP contribution is -2.11. The molecule has 0 aliphatic rings. The van der Waals surface area contributed by atoms with Gasteiger partial charge in [0.25, 0.3) is 5.69 Å². The molecular weight excluding hydrogens is 252 g/mol. The summed E-state index contributed by atoms with van der Waals surface area (Å²) >= 11 is 3.12. The third-order valence-corrected chi connectivity index (χ3v) is 2.31. The van der Waals surface area contributed by atoms with Gasteiger partial charge in [0, 0.05) is 22.5 Å². The van der Waals surface area contributed by atoms with Crippen LogP contribution in [0, 0.1) is 10.1 Å². The largest absolute Gasteiger partial charge is 0.366 e. The van der Waals surface area contributed by atoms with Gasteiger partial charge in [-0.1, -0.05) is 22.0 Å². The van der Waals surface area contributed by atoms with Crippen molar-refractivity contribution in [1.82, 2.24) is 0 Å². The molecule has 1 aromatic carbocycles. The van der Waals surface area contributed by atoms with Gasteiger partial charge in [0.15, 0.2) is 0 Å². The highest BCUT2D eigenvalue weighted by molar-refractivity contribution is 9.08. The van der Waals surface area contributed by atoms with Crippen molar-refractivity contribution < 1.29 is 9.72 Å². The van der Waals surface area contributed by atoms with Crippen molar-refractivity contribution in [1.29, 1.82) is 0 Å². The summed E-state index contributed by atoms with van der Waals surface area (Å²) < 4.78 is 0. The Kier molecular flexibility index (Phi) is 3.19. The molecule has 0 bridgehead atoms. The molecule has 0 fully saturated rings. The number of alkyl halides is 1. The zero-order valence-electron chi connectivity index (χ0n) is 7.07. The molecule has 0 radical (unpaired) electrons. The maximum atomic E-state index is 10.8. The molecule has 0 spiro atoms. The second-order valence-corrected chi connectivity index (χ2v) is 3.16. The van der Waals surface area contributed by atoms with Crippen LogP contribution in [0.5, 0.6) is 0 Å². The first kappa shape index (κ1) is 10.6. The third-order valence-electron chi connectivity index (χ3n) is 1.71. The van der Waals surface area contributed by atoms with Gasteiger partial charge in [0.1, 0.15) is 0 Å².